The van der Waals surface area contributed by atoms with Gasteiger partial charge in [0.05, 0.1) is 4.90 Å². The van der Waals surface area contributed by atoms with E-state index >= 15 is 0 Å². The Labute approximate surface area is 144 Å². The van der Waals surface area contributed by atoms with Crippen LogP contribution >= 0.6 is 11.6 Å². The molecule has 0 aromatic heterocycles. The molecule has 0 spiro atoms. The second kappa shape index (κ2) is 7.48. The predicted octanol–water partition coefficient (Wildman–Crippen LogP) is -0.845. The van der Waals surface area contributed by atoms with Crippen molar-refractivity contribution in [3.63, 3.8) is 0 Å². The summed E-state index contributed by atoms with van der Waals surface area (Å²) in [6, 6.07) is 5.87. The topological polar surface area (TPSA) is 57.2 Å². The Morgan fingerprint density at radius 1 is 1.31 bits per heavy atom. The Morgan fingerprint density at radius 3 is 2.19 bits per heavy atom. The van der Waals surface area contributed by atoms with Gasteiger partial charge in [0.2, 0.25) is 0 Å². The number of benzene rings is 1. The van der Waals surface area contributed by atoms with E-state index < -0.39 is 10.1 Å². The molecule has 6 heteroatoms. The van der Waals surface area contributed by atoms with Crippen molar-refractivity contribution in [1.29, 1.82) is 0 Å². The molecule has 0 aliphatic carbocycles. The van der Waals surface area contributed by atoms with Gasteiger partial charge >= 0.3 is 51.4 Å². The summed E-state index contributed by atoms with van der Waals surface area (Å²) >= 11 is 5.95. The molecule has 0 amide bonds. The van der Waals surface area contributed by atoms with Gasteiger partial charge in [-0.05, 0) is 30.5 Å². The third-order valence-electron chi connectivity index (χ3n) is 2.11. The van der Waals surface area contributed by atoms with Gasteiger partial charge in [-0.1, -0.05) is 19.1 Å². The molecule has 16 heavy (non-hydrogen) atoms. The average Bonchev–Trinajstić information content (AvgIpc) is 2.17. The predicted molar refractivity (Wildman–Crippen MR) is 58.0 cm³/mol. The summed E-state index contributed by atoms with van der Waals surface area (Å²) in [7, 11) is -4.34. The molecule has 0 N–H and O–H groups in total. The summed E-state index contributed by atoms with van der Waals surface area (Å²) < 4.78 is 31.9. The van der Waals surface area contributed by atoms with Crippen molar-refractivity contribution >= 4 is 21.7 Å². The maximum Gasteiger partial charge on any atom is 1.00 e. The minimum Gasteiger partial charge on any atom is -0.744 e. The number of hydrogen-bond acceptors (Lipinski definition) is 3. The monoisotopic (exact) mass is 286 g/mol. The Hall–Kier alpha value is 1.06. The van der Waals surface area contributed by atoms with Gasteiger partial charge in [0, 0.05) is 5.38 Å². The molecular weight excluding hydrogens is 275 g/mol. The van der Waals surface area contributed by atoms with Crippen LogP contribution in [0.1, 0.15) is 18.9 Å². The second-order valence-electron chi connectivity index (χ2n) is 3.31. The summed E-state index contributed by atoms with van der Waals surface area (Å²) in [6.45, 7) is 1.98. The fourth-order valence-corrected chi connectivity index (χ4v) is 1.84. The Balaban J connectivity index is 0.00000225. The van der Waals surface area contributed by atoms with Crippen LogP contribution in [0.15, 0.2) is 29.2 Å². The van der Waals surface area contributed by atoms with Crippen LogP contribution in [-0.2, 0) is 16.5 Å². The minimum atomic E-state index is -4.34. The fraction of sp³-hybridized carbons (Fsp3) is 0.400. The van der Waals surface area contributed by atoms with Crippen LogP contribution in [0.4, 0.5) is 0 Å². The first-order valence-corrected chi connectivity index (χ1v) is 6.47. The van der Waals surface area contributed by atoms with E-state index in [1.54, 1.807) is 12.1 Å². The van der Waals surface area contributed by atoms with Gasteiger partial charge in [-0.2, -0.15) is 0 Å². The Kier molecular flexibility index (Phi) is 7.98. The van der Waals surface area contributed by atoms with Gasteiger partial charge in [0.15, 0.2) is 0 Å². The quantitative estimate of drug-likeness (QED) is 0.412. The molecule has 1 aromatic carbocycles. The zero-order chi connectivity index (χ0) is 11.5. The van der Waals surface area contributed by atoms with Gasteiger partial charge < -0.3 is 4.55 Å². The molecule has 0 saturated heterocycles. The smallest absolute Gasteiger partial charge is 0.744 e. The zero-order valence-corrected chi connectivity index (χ0v) is 14.0. The molecule has 3 nitrogen and oxygen atoms in total. The molecule has 0 saturated carbocycles. The van der Waals surface area contributed by atoms with Crippen molar-refractivity contribution in [2.24, 2.45) is 0 Å². The van der Waals surface area contributed by atoms with Crippen LogP contribution < -0.4 is 51.4 Å². The van der Waals surface area contributed by atoms with Gasteiger partial charge in [-0.15, -0.1) is 11.6 Å². The minimum absolute atomic E-state index is 0. The van der Waals surface area contributed by atoms with Crippen molar-refractivity contribution in [2.45, 2.75) is 30.0 Å². The van der Waals surface area contributed by atoms with Crippen molar-refractivity contribution in [3.8, 4) is 0 Å². The number of hydrogen-bond donors (Lipinski definition) is 0. The number of halogens is 1. The second-order valence-corrected chi connectivity index (χ2v) is 5.30. The van der Waals surface area contributed by atoms with Crippen LogP contribution in [-0.4, -0.2) is 18.3 Å². The normalized spacial score (nSPS) is 12.9. The van der Waals surface area contributed by atoms with E-state index in [0.717, 1.165) is 12.0 Å². The van der Waals surface area contributed by atoms with E-state index in [1.165, 1.54) is 12.1 Å². The maximum atomic E-state index is 10.6. The van der Waals surface area contributed by atoms with E-state index in [9.17, 15) is 13.0 Å². The first-order valence-electron chi connectivity index (χ1n) is 4.62. The summed E-state index contributed by atoms with van der Waals surface area (Å²) in [4.78, 5) is -0.200. The fourth-order valence-electron chi connectivity index (χ4n) is 1.19. The summed E-state index contributed by atoms with van der Waals surface area (Å²) in [6.07, 6.45) is 1.53. The molecule has 0 heterocycles. The molecule has 1 rings (SSSR count). The summed E-state index contributed by atoms with van der Waals surface area (Å²) in [5.41, 5.74) is 0.934. The average molecular weight is 287 g/mol. The summed E-state index contributed by atoms with van der Waals surface area (Å²) in [5.74, 6) is 0. The summed E-state index contributed by atoms with van der Waals surface area (Å²) in [5, 5.41) is 0.0414. The van der Waals surface area contributed by atoms with Gasteiger partial charge in [-0.3, -0.25) is 0 Å². The molecule has 1 aromatic rings. The van der Waals surface area contributed by atoms with Crippen molar-refractivity contribution in [3.05, 3.63) is 29.8 Å². The third kappa shape index (κ3) is 5.60. The molecular formula is C10H12ClKO3S. The molecule has 1 unspecified atom stereocenters. The van der Waals surface area contributed by atoms with E-state index in [-0.39, 0.29) is 61.7 Å². The van der Waals surface area contributed by atoms with E-state index in [0.29, 0.717) is 6.42 Å². The van der Waals surface area contributed by atoms with Crippen LogP contribution in [0.5, 0.6) is 0 Å². The Morgan fingerprint density at radius 2 is 1.81 bits per heavy atom. The van der Waals surface area contributed by atoms with Gasteiger partial charge in [-0.25, -0.2) is 8.42 Å². The van der Waals surface area contributed by atoms with E-state index in [2.05, 4.69) is 0 Å². The van der Waals surface area contributed by atoms with Gasteiger partial charge in [0.1, 0.15) is 10.1 Å². The van der Waals surface area contributed by atoms with Crippen molar-refractivity contribution < 1.29 is 64.4 Å². The molecule has 0 aliphatic rings. The molecule has 0 fully saturated rings. The molecule has 0 aliphatic heterocycles. The molecule has 1 atom stereocenters. The SMILES string of the molecule is CCC(Cl)Cc1ccc(S(=O)(=O)[O-])cc1.[K+]. The largest absolute Gasteiger partial charge is 1.00 e. The first kappa shape index (κ1) is 17.1. The third-order valence-corrected chi connectivity index (χ3v) is 3.42. The van der Waals surface area contributed by atoms with Crippen LogP contribution in [0.2, 0.25) is 0 Å². The van der Waals surface area contributed by atoms with Crippen molar-refractivity contribution in [1.82, 2.24) is 0 Å². The maximum absolute atomic E-state index is 10.6. The van der Waals surface area contributed by atoms with Crippen LogP contribution in [0.3, 0.4) is 0 Å². The zero-order valence-electron chi connectivity index (χ0n) is 9.31. The van der Waals surface area contributed by atoms with Crippen molar-refractivity contribution in [2.75, 3.05) is 0 Å². The molecule has 0 radical (unpaired) electrons. The number of rotatable bonds is 4. The standard InChI is InChI=1S/C10H13ClO3S.K/c1-2-9(11)7-8-3-5-10(6-4-8)15(12,13)14;/h3-6,9H,2,7H2,1H3,(H,12,13,14);/q;+1/p-1. The van der Waals surface area contributed by atoms with E-state index in [1.807, 2.05) is 6.92 Å². The van der Waals surface area contributed by atoms with Crippen LogP contribution in [0, 0.1) is 0 Å². The van der Waals surface area contributed by atoms with Gasteiger partial charge in [0.25, 0.3) is 0 Å². The number of alkyl halides is 1. The van der Waals surface area contributed by atoms with Crippen LogP contribution in [0.25, 0.3) is 0 Å². The Bertz CT molecular complexity index is 416. The molecule has 0 bridgehead atoms. The van der Waals surface area contributed by atoms with E-state index in [4.69, 9.17) is 11.6 Å². The first-order chi connectivity index (χ1) is 6.93. The molecule has 84 valence electrons.